The van der Waals surface area contributed by atoms with E-state index in [4.69, 9.17) is 0 Å². The van der Waals surface area contributed by atoms with Crippen molar-refractivity contribution in [1.29, 1.82) is 0 Å². The lowest BCUT2D eigenvalue weighted by atomic mass is 10.1. The third-order valence-electron chi connectivity index (χ3n) is 3.22. The monoisotopic (exact) mass is 341 g/mol. The van der Waals surface area contributed by atoms with Gasteiger partial charge in [-0.25, -0.2) is 14.2 Å². The topological polar surface area (TPSA) is 112 Å². The molecule has 2 rings (SSSR count). The van der Waals surface area contributed by atoms with Crippen molar-refractivity contribution < 1.29 is 22.7 Å². The van der Waals surface area contributed by atoms with Gasteiger partial charge in [0.25, 0.3) is 10.0 Å². The highest BCUT2D eigenvalue weighted by Crippen LogP contribution is 2.26. The zero-order chi connectivity index (χ0) is 17.4. The number of nitrogens with zero attached hydrogens (tertiary/aromatic N) is 1. The smallest absolute Gasteiger partial charge is 0.338 e. The van der Waals surface area contributed by atoms with Crippen molar-refractivity contribution in [2.45, 2.75) is 31.7 Å². The van der Waals surface area contributed by atoms with Gasteiger partial charge in [-0.15, -0.1) is 0 Å². The van der Waals surface area contributed by atoms with Crippen LogP contribution in [0.2, 0.25) is 0 Å². The van der Waals surface area contributed by atoms with Crippen LogP contribution in [0.1, 0.15) is 41.5 Å². The Hall–Kier alpha value is -2.42. The van der Waals surface area contributed by atoms with Gasteiger partial charge in [-0.2, -0.15) is 8.42 Å². The van der Waals surface area contributed by atoms with E-state index in [9.17, 15) is 22.7 Å². The molecule has 0 radical (unpaired) electrons. The van der Waals surface area contributed by atoms with Crippen LogP contribution in [0, 0.1) is 12.7 Å². The molecule has 1 aromatic carbocycles. The predicted molar refractivity (Wildman–Crippen MR) is 81.6 cm³/mol. The van der Waals surface area contributed by atoms with E-state index >= 15 is 0 Å². The minimum atomic E-state index is -4.19. The standard InChI is InChI=1S/C14H16FN3O4S/c1-7(2)13-16-6-10(17-13)23(21,22)18-12-9(15)5-4-8(3)11(12)14(19)20/h4-7,18H,1-3H3,(H,16,17)(H,19,20). The Morgan fingerprint density at radius 3 is 2.57 bits per heavy atom. The van der Waals surface area contributed by atoms with Crippen LogP contribution in [-0.4, -0.2) is 29.5 Å². The molecule has 1 heterocycles. The maximum atomic E-state index is 14.0. The fourth-order valence-electron chi connectivity index (χ4n) is 2.00. The molecular weight excluding hydrogens is 325 g/mol. The molecule has 0 amide bonds. The fourth-order valence-corrected chi connectivity index (χ4v) is 3.00. The number of aromatic amines is 1. The van der Waals surface area contributed by atoms with Gasteiger partial charge in [0.05, 0.1) is 17.4 Å². The zero-order valence-electron chi connectivity index (χ0n) is 12.7. The minimum Gasteiger partial charge on any atom is -0.478 e. The molecule has 124 valence electrons. The summed E-state index contributed by atoms with van der Waals surface area (Å²) in [5, 5.41) is 8.93. The second-order valence-electron chi connectivity index (χ2n) is 5.31. The number of benzene rings is 1. The van der Waals surface area contributed by atoms with Crippen LogP contribution in [0.3, 0.4) is 0 Å². The van der Waals surface area contributed by atoms with Gasteiger partial charge in [-0.3, -0.25) is 4.72 Å². The van der Waals surface area contributed by atoms with Crippen LogP contribution in [0.15, 0.2) is 23.4 Å². The molecule has 9 heteroatoms. The summed E-state index contributed by atoms with van der Waals surface area (Å²) in [6.07, 6.45) is 1.10. The Morgan fingerprint density at radius 1 is 1.39 bits per heavy atom. The summed E-state index contributed by atoms with van der Waals surface area (Å²) in [5.41, 5.74) is -0.792. The van der Waals surface area contributed by atoms with Crippen molar-refractivity contribution >= 4 is 21.7 Å². The molecule has 3 N–H and O–H groups in total. The maximum Gasteiger partial charge on any atom is 0.338 e. The number of carboxylic acids is 1. The summed E-state index contributed by atoms with van der Waals surface area (Å²) in [7, 11) is -4.19. The summed E-state index contributed by atoms with van der Waals surface area (Å²) in [4.78, 5) is 17.8. The highest BCUT2D eigenvalue weighted by atomic mass is 32.2. The van der Waals surface area contributed by atoms with E-state index in [1.54, 1.807) is 0 Å². The molecule has 0 spiro atoms. The van der Waals surface area contributed by atoms with E-state index in [1.807, 2.05) is 18.6 Å². The molecule has 0 atom stereocenters. The van der Waals surface area contributed by atoms with E-state index in [2.05, 4.69) is 9.97 Å². The largest absolute Gasteiger partial charge is 0.478 e. The fraction of sp³-hybridized carbons (Fsp3) is 0.286. The van der Waals surface area contributed by atoms with Gasteiger partial charge in [-0.1, -0.05) is 19.9 Å². The number of aromatic carboxylic acids is 1. The van der Waals surface area contributed by atoms with Gasteiger partial charge in [0, 0.05) is 5.92 Å². The number of sulfonamides is 1. The minimum absolute atomic E-state index is 0.0239. The second-order valence-corrected chi connectivity index (χ2v) is 6.96. The van der Waals surface area contributed by atoms with Crippen molar-refractivity contribution in [3.63, 3.8) is 0 Å². The summed E-state index contributed by atoms with van der Waals surface area (Å²) in [6.45, 7) is 5.10. The molecular formula is C14H16FN3O4S. The summed E-state index contributed by atoms with van der Waals surface area (Å²) < 4.78 is 40.6. The predicted octanol–water partition coefficient (Wildman–Crippen LogP) is 2.48. The number of aryl methyl sites for hydroxylation is 1. The molecule has 0 aliphatic carbocycles. The van der Waals surface area contributed by atoms with E-state index in [1.165, 1.54) is 13.0 Å². The summed E-state index contributed by atoms with van der Waals surface area (Å²) in [6, 6.07) is 2.27. The molecule has 23 heavy (non-hydrogen) atoms. The van der Waals surface area contributed by atoms with Crippen LogP contribution < -0.4 is 4.72 Å². The quantitative estimate of drug-likeness (QED) is 0.773. The molecule has 0 saturated heterocycles. The Balaban J connectivity index is 2.49. The number of H-pyrrole nitrogens is 1. The van der Waals surface area contributed by atoms with E-state index < -0.39 is 33.1 Å². The van der Waals surface area contributed by atoms with Gasteiger partial charge in [0.1, 0.15) is 11.6 Å². The number of imidazole rings is 1. The lowest BCUT2D eigenvalue weighted by molar-refractivity contribution is 0.0697. The van der Waals surface area contributed by atoms with E-state index in [0.29, 0.717) is 5.82 Å². The van der Waals surface area contributed by atoms with E-state index in [-0.39, 0.29) is 16.5 Å². The number of carbonyl (C=O) groups is 1. The highest BCUT2D eigenvalue weighted by molar-refractivity contribution is 7.92. The number of aromatic nitrogens is 2. The van der Waals surface area contributed by atoms with Crippen LogP contribution in [-0.2, 0) is 10.0 Å². The van der Waals surface area contributed by atoms with Gasteiger partial charge in [0.15, 0.2) is 5.03 Å². The first-order valence-electron chi connectivity index (χ1n) is 6.73. The first kappa shape index (κ1) is 16.9. The van der Waals surface area contributed by atoms with Crippen LogP contribution in [0.4, 0.5) is 10.1 Å². The third-order valence-corrected chi connectivity index (χ3v) is 4.48. The zero-order valence-corrected chi connectivity index (χ0v) is 13.5. The second kappa shape index (κ2) is 5.99. The normalized spacial score (nSPS) is 11.7. The molecule has 0 aliphatic heterocycles. The van der Waals surface area contributed by atoms with Crippen molar-refractivity contribution in [2.24, 2.45) is 0 Å². The Morgan fingerprint density at radius 2 is 2.04 bits per heavy atom. The van der Waals surface area contributed by atoms with Crippen molar-refractivity contribution in [3.05, 3.63) is 41.1 Å². The molecule has 0 bridgehead atoms. The van der Waals surface area contributed by atoms with Crippen LogP contribution >= 0.6 is 0 Å². The molecule has 0 aliphatic rings. The number of carboxylic acid groups (broad SMARTS) is 1. The average molecular weight is 341 g/mol. The Labute approximate surface area is 132 Å². The molecule has 0 fully saturated rings. The van der Waals surface area contributed by atoms with Crippen molar-refractivity contribution in [3.8, 4) is 0 Å². The number of halogens is 1. The number of hydrogen-bond donors (Lipinski definition) is 3. The number of hydrogen-bond acceptors (Lipinski definition) is 4. The first-order valence-corrected chi connectivity index (χ1v) is 8.22. The number of nitrogens with one attached hydrogen (secondary N) is 2. The SMILES string of the molecule is Cc1ccc(F)c(NS(=O)(=O)c2cnc(C(C)C)[nH]2)c1C(=O)O. The van der Waals surface area contributed by atoms with Crippen molar-refractivity contribution in [2.75, 3.05) is 4.72 Å². The first-order chi connectivity index (χ1) is 10.6. The van der Waals surface area contributed by atoms with Crippen molar-refractivity contribution in [1.82, 2.24) is 9.97 Å². The molecule has 0 unspecified atom stereocenters. The van der Waals surface area contributed by atoms with Crippen LogP contribution in [0.5, 0.6) is 0 Å². The van der Waals surface area contributed by atoms with Crippen LogP contribution in [0.25, 0.3) is 0 Å². The molecule has 0 saturated carbocycles. The third kappa shape index (κ3) is 3.34. The lowest BCUT2D eigenvalue weighted by Gasteiger charge is -2.12. The van der Waals surface area contributed by atoms with Gasteiger partial charge >= 0.3 is 5.97 Å². The molecule has 7 nitrogen and oxygen atoms in total. The molecule has 1 aromatic heterocycles. The van der Waals surface area contributed by atoms with Gasteiger partial charge in [0.2, 0.25) is 0 Å². The number of rotatable bonds is 5. The number of anilines is 1. The van der Waals surface area contributed by atoms with Gasteiger partial charge in [-0.05, 0) is 18.6 Å². The highest BCUT2D eigenvalue weighted by Gasteiger charge is 2.25. The summed E-state index contributed by atoms with van der Waals surface area (Å²) in [5.74, 6) is -1.97. The average Bonchev–Trinajstić information content (AvgIpc) is 2.93. The lowest BCUT2D eigenvalue weighted by Crippen LogP contribution is -2.18. The van der Waals surface area contributed by atoms with Gasteiger partial charge < -0.3 is 10.1 Å². The Bertz CT molecular complexity index is 859. The summed E-state index contributed by atoms with van der Waals surface area (Å²) >= 11 is 0. The maximum absolute atomic E-state index is 14.0. The Kier molecular flexibility index (Phi) is 4.42. The molecule has 2 aromatic rings. The van der Waals surface area contributed by atoms with E-state index in [0.717, 1.165) is 12.3 Å².